The summed E-state index contributed by atoms with van der Waals surface area (Å²) in [6.07, 6.45) is 3.78. The smallest absolute Gasteiger partial charge is 0.339 e. The van der Waals surface area contributed by atoms with Gasteiger partial charge in [0.2, 0.25) is 5.78 Å². The summed E-state index contributed by atoms with van der Waals surface area (Å²) in [7, 11) is -9.21. The Balaban J connectivity index is 1.40. The lowest BCUT2D eigenvalue weighted by atomic mass is 9.84. The highest BCUT2D eigenvalue weighted by Gasteiger charge is 2.40. The number of nitrogens with two attached hydrogens (primary N) is 1. The molecule has 7 rings (SSSR count). The Hall–Kier alpha value is -5.43. The number of benzene rings is 5. The number of carbonyl (C=O) groups excluding carboxylic acids is 2. The molecule has 0 heterocycles. The van der Waals surface area contributed by atoms with Crippen LogP contribution in [-0.2, 0) is 20.2 Å². The molecule has 0 radical (unpaired) electrons. The van der Waals surface area contributed by atoms with Gasteiger partial charge >= 0.3 is 20.2 Å². The van der Waals surface area contributed by atoms with Gasteiger partial charge in [0, 0.05) is 43.8 Å². The second-order valence-electron chi connectivity index (χ2n) is 11.3. The number of carbonyl (C=O) groups is 2. The van der Waals surface area contributed by atoms with E-state index in [0.29, 0.717) is 0 Å². The zero-order chi connectivity index (χ0) is 33.3. The van der Waals surface area contributed by atoms with Crippen LogP contribution < -0.4 is 14.1 Å². The van der Waals surface area contributed by atoms with Crippen LogP contribution in [0.2, 0.25) is 0 Å². The van der Waals surface area contributed by atoms with Crippen molar-refractivity contribution >= 4 is 70.0 Å². The van der Waals surface area contributed by atoms with Gasteiger partial charge in [-0.3, -0.25) is 15.0 Å². The maximum atomic E-state index is 14.1. The first kappa shape index (κ1) is 30.2. The van der Waals surface area contributed by atoms with Crippen LogP contribution >= 0.6 is 0 Å². The maximum Gasteiger partial charge on any atom is 0.339 e. The molecule has 0 aliphatic heterocycles. The maximum absolute atomic E-state index is 14.1. The van der Waals surface area contributed by atoms with Crippen molar-refractivity contribution in [2.45, 2.75) is 17.4 Å². The van der Waals surface area contributed by atoms with Crippen molar-refractivity contribution in [3.63, 3.8) is 0 Å². The summed E-state index contributed by atoms with van der Waals surface area (Å²) in [5, 5.41) is 8.75. The van der Waals surface area contributed by atoms with Crippen LogP contribution in [0.5, 0.6) is 11.5 Å². The van der Waals surface area contributed by atoms with Crippen molar-refractivity contribution in [2.24, 2.45) is 5.73 Å². The molecule has 12 heteroatoms. The van der Waals surface area contributed by atoms with Gasteiger partial charge in [0.05, 0.1) is 5.54 Å². The molecule has 1 unspecified atom stereocenters. The van der Waals surface area contributed by atoms with Gasteiger partial charge in [-0.05, 0) is 25.1 Å². The SMILES string of the molecule is CC1(N)C=C(S(=O)(=O)Oc2c3ccccc3c(OS(=O)(=O)c3cccc4c3C=CC(=N)C4=O)c3ccccc23)c2ccccc2C1=O. The van der Waals surface area contributed by atoms with E-state index < -0.39 is 37.3 Å². The van der Waals surface area contributed by atoms with Gasteiger partial charge < -0.3 is 14.1 Å². The van der Waals surface area contributed by atoms with E-state index in [2.05, 4.69) is 0 Å². The number of allylic oxidation sites excluding steroid dienone is 1. The van der Waals surface area contributed by atoms with Gasteiger partial charge in [-0.1, -0.05) is 91.0 Å². The van der Waals surface area contributed by atoms with E-state index in [1.165, 1.54) is 55.5 Å². The molecule has 5 aromatic rings. The van der Waals surface area contributed by atoms with Gasteiger partial charge in [0.25, 0.3) is 0 Å². The number of nitrogens with one attached hydrogen (secondary N) is 1. The first-order valence-corrected chi connectivity index (χ1v) is 17.0. The lowest BCUT2D eigenvalue weighted by Gasteiger charge is -2.28. The van der Waals surface area contributed by atoms with Gasteiger partial charge in [-0.2, -0.15) is 16.8 Å². The third-order valence-electron chi connectivity index (χ3n) is 8.09. The van der Waals surface area contributed by atoms with Crippen molar-refractivity contribution in [3.05, 3.63) is 125 Å². The molecule has 0 fully saturated rings. The van der Waals surface area contributed by atoms with Crippen molar-refractivity contribution in [2.75, 3.05) is 0 Å². The van der Waals surface area contributed by atoms with E-state index in [1.54, 1.807) is 60.7 Å². The Kier molecular flexibility index (Phi) is 6.79. The minimum Gasteiger partial charge on any atom is -0.378 e. The third kappa shape index (κ3) is 4.85. The van der Waals surface area contributed by atoms with Crippen molar-refractivity contribution in [1.82, 2.24) is 0 Å². The Morgan fingerprint density at radius 1 is 0.638 bits per heavy atom. The minimum absolute atomic E-state index is 0.0553. The second kappa shape index (κ2) is 10.6. The Labute approximate surface area is 269 Å². The molecule has 234 valence electrons. The molecule has 0 spiro atoms. The zero-order valence-electron chi connectivity index (χ0n) is 24.6. The molecule has 2 aliphatic rings. The fraction of sp³-hybridized carbons (Fsp3) is 0.0571. The highest BCUT2D eigenvalue weighted by molar-refractivity contribution is 7.96. The monoisotopic (exact) mass is 664 g/mol. The molecular weight excluding hydrogens is 641 g/mol. The molecule has 0 amide bonds. The molecule has 2 aliphatic carbocycles. The first-order valence-electron chi connectivity index (χ1n) is 14.2. The van der Waals surface area contributed by atoms with Gasteiger partial charge in [0.1, 0.15) is 15.5 Å². The Morgan fingerprint density at radius 2 is 1.13 bits per heavy atom. The van der Waals surface area contributed by atoms with Gasteiger partial charge in [-0.15, -0.1) is 0 Å². The Morgan fingerprint density at radius 3 is 1.70 bits per heavy atom. The van der Waals surface area contributed by atoms with Gasteiger partial charge in [0.15, 0.2) is 17.3 Å². The number of Topliss-reactive ketones (excluding diaryl/α,β-unsaturated/α-hetero) is 2. The van der Waals surface area contributed by atoms with Crippen LogP contribution in [0, 0.1) is 5.41 Å². The van der Waals surface area contributed by atoms with Crippen LogP contribution in [0.15, 0.2) is 108 Å². The molecule has 0 saturated heterocycles. The van der Waals surface area contributed by atoms with Crippen LogP contribution in [0.25, 0.3) is 32.5 Å². The number of fused-ring (bicyclic) bond motifs is 4. The lowest BCUT2D eigenvalue weighted by molar-refractivity contribution is 0.0928. The highest BCUT2D eigenvalue weighted by Crippen LogP contribution is 2.46. The third-order valence-corrected chi connectivity index (χ3v) is 10.6. The average Bonchev–Trinajstić information content (AvgIpc) is 3.05. The summed E-state index contributed by atoms with van der Waals surface area (Å²) >= 11 is 0. The van der Waals surface area contributed by atoms with E-state index in [9.17, 15) is 26.4 Å². The summed E-state index contributed by atoms with van der Waals surface area (Å²) in [6.45, 7) is 1.41. The number of hydrogen-bond donors (Lipinski definition) is 2. The Bertz CT molecular complexity index is 2480. The number of hydrogen-bond acceptors (Lipinski definition) is 10. The van der Waals surface area contributed by atoms with Gasteiger partial charge in [-0.25, -0.2) is 0 Å². The van der Waals surface area contributed by atoms with Crippen molar-refractivity contribution in [3.8, 4) is 11.5 Å². The average molecular weight is 665 g/mol. The van der Waals surface area contributed by atoms with Crippen LogP contribution in [0.3, 0.4) is 0 Å². The van der Waals surface area contributed by atoms with Crippen molar-refractivity contribution < 1.29 is 34.8 Å². The standard InChI is InChI=1S/C35H24N2O8S2/c1-35(37)19-30(20-9-2-7-14-27(20)34(35)39)47(42,43)45-33-25-12-5-3-10-23(25)32(24-11-4-6-13-26(24)33)44-46(40,41)29-16-8-15-22-21(29)17-18-28(36)31(22)38/h2-19,36H,37H2,1H3. The fourth-order valence-electron chi connectivity index (χ4n) is 5.87. The highest BCUT2D eigenvalue weighted by atomic mass is 32.2. The van der Waals surface area contributed by atoms with Crippen molar-refractivity contribution in [1.29, 1.82) is 5.41 Å². The largest absolute Gasteiger partial charge is 0.378 e. The molecule has 10 nitrogen and oxygen atoms in total. The topological polar surface area (TPSA) is 171 Å². The van der Waals surface area contributed by atoms with E-state index >= 15 is 0 Å². The fourth-order valence-corrected chi connectivity index (χ4v) is 8.37. The molecule has 0 saturated carbocycles. The molecule has 0 aromatic heterocycles. The van der Waals surface area contributed by atoms with E-state index in [-0.39, 0.29) is 70.8 Å². The lowest BCUT2D eigenvalue weighted by Crippen LogP contribution is -2.46. The van der Waals surface area contributed by atoms with E-state index in [4.69, 9.17) is 19.5 Å². The predicted octanol–water partition coefficient (Wildman–Crippen LogP) is 5.65. The molecule has 5 aromatic carbocycles. The van der Waals surface area contributed by atoms with Crippen LogP contribution in [-0.4, -0.2) is 39.7 Å². The predicted molar refractivity (Wildman–Crippen MR) is 178 cm³/mol. The molecule has 0 bridgehead atoms. The van der Waals surface area contributed by atoms with Crippen LogP contribution in [0.1, 0.15) is 38.8 Å². The number of rotatable bonds is 6. The van der Waals surface area contributed by atoms with Crippen LogP contribution in [0.4, 0.5) is 0 Å². The first-order chi connectivity index (χ1) is 22.3. The normalized spacial score (nSPS) is 17.7. The second-order valence-corrected chi connectivity index (χ2v) is 14.3. The van der Waals surface area contributed by atoms with E-state index in [1.807, 2.05) is 0 Å². The summed E-state index contributed by atoms with van der Waals surface area (Å²) in [4.78, 5) is 25.0. The quantitative estimate of drug-likeness (QED) is 0.172. The molecule has 47 heavy (non-hydrogen) atoms. The summed E-state index contributed by atoms with van der Waals surface area (Å²) in [5.41, 5.74) is 4.78. The molecule has 3 N–H and O–H groups in total. The molecular formula is C35H24N2O8S2. The number of ketones is 2. The summed E-state index contributed by atoms with van der Waals surface area (Å²) < 4.78 is 67.6. The summed E-state index contributed by atoms with van der Waals surface area (Å²) in [6, 6.07) is 23.2. The molecule has 1 atom stereocenters. The minimum atomic E-state index is -4.63. The zero-order valence-corrected chi connectivity index (χ0v) is 26.2. The summed E-state index contributed by atoms with van der Waals surface area (Å²) in [5.74, 6) is -1.23. The van der Waals surface area contributed by atoms with E-state index in [0.717, 1.165) is 0 Å².